The largest absolute Gasteiger partial charge is 0.545 e. The fourth-order valence-electron chi connectivity index (χ4n) is 3.90. The number of likely N-dealkylation sites (tertiary alicyclic amines) is 1. The van der Waals surface area contributed by atoms with Gasteiger partial charge in [0.1, 0.15) is 5.60 Å². The van der Waals surface area contributed by atoms with Crippen molar-refractivity contribution in [2.75, 3.05) is 26.7 Å². The highest BCUT2D eigenvalue weighted by Gasteiger charge is 2.44. The van der Waals surface area contributed by atoms with Crippen LogP contribution >= 0.6 is 34.5 Å². The second kappa shape index (κ2) is 12.5. The first-order chi connectivity index (χ1) is 18.2. The molecule has 13 heteroatoms. The van der Waals surface area contributed by atoms with Gasteiger partial charge in [0.15, 0.2) is 18.3 Å². The van der Waals surface area contributed by atoms with Gasteiger partial charge in [0.25, 0.3) is 5.91 Å². The number of esters is 1. The number of hydrogen-bond donors (Lipinski definition) is 3. The Morgan fingerprint density at radius 2 is 1.95 bits per heavy atom. The normalized spacial score (nSPS) is 16.8. The molecule has 212 valence electrons. The maximum atomic E-state index is 15.6. The van der Waals surface area contributed by atoms with Gasteiger partial charge in [0, 0.05) is 32.0 Å². The van der Waals surface area contributed by atoms with Gasteiger partial charge in [-0.2, -0.15) is 4.99 Å². The number of benzene rings is 1. The van der Waals surface area contributed by atoms with Gasteiger partial charge >= 0.3 is 12.1 Å². The van der Waals surface area contributed by atoms with E-state index in [0.29, 0.717) is 15.6 Å². The van der Waals surface area contributed by atoms with Crippen molar-refractivity contribution < 1.29 is 38.3 Å². The summed E-state index contributed by atoms with van der Waals surface area (Å²) in [6, 6.07) is 2.44. The average Bonchev–Trinajstić information content (AvgIpc) is 3.35. The van der Waals surface area contributed by atoms with Crippen LogP contribution in [0.2, 0.25) is 10.0 Å². The number of halogens is 3. The molecule has 3 N–H and O–H groups in total. The number of hydrogen-bond acceptors (Lipinski definition) is 6. The SMILES string of the molecule is COC(=O)[C@H](C[NH+]=C(O)OC(C)(C)C)NC(=O)C1(F)CCN(C(=O)/C=C/c2cc3ccsc3c(Cl)c2Cl)CC1. The van der Waals surface area contributed by atoms with Gasteiger partial charge in [-0.25, -0.2) is 9.18 Å². The van der Waals surface area contributed by atoms with E-state index in [1.54, 1.807) is 26.8 Å². The Morgan fingerprint density at radius 1 is 1.28 bits per heavy atom. The summed E-state index contributed by atoms with van der Waals surface area (Å²) in [7, 11) is 1.12. The monoisotopic (exact) mass is 602 g/mol. The minimum atomic E-state index is -2.30. The summed E-state index contributed by atoms with van der Waals surface area (Å²) in [6.07, 6.45) is 1.80. The zero-order valence-electron chi connectivity index (χ0n) is 22.0. The molecule has 0 spiro atoms. The highest BCUT2D eigenvalue weighted by molar-refractivity contribution is 7.18. The fourth-order valence-corrected chi connectivity index (χ4v) is 5.34. The average molecular weight is 604 g/mol. The summed E-state index contributed by atoms with van der Waals surface area (Å²) >= 11 is 14.2. The van der Waals surface area contributed by atoms with Crippen molar-refractivity contribution in [3.63, 3.8) is 0 Å². The maximum Gasteiger partial charge on any atom is 0.545 e. The summed E-state index contributed by atoms with van der Waals surface area (Å²) < 4.78 is 26.3. The number of alkyl halides is 1. The Labute approximate surface area is 239 Å². The predicted molar refractivity (Wildman–Crippen MR) is 149 cm³/mol. The smallest absolute Gasteiger partial charge is 0.467 e. The van der Waals surface area contributed by atoms with E-state index in [9.17, 15) is 19.5 Å². The van der Waals surface area contributed by atoms with Crippen LogP contribution in [0, 0.1) is 0 Å². The number of amides is 2. The lowest BCUT2D eigenvalue weighted by atomic mass is 9.92. The number of methoxy groups -OCH3 is 1. The first-order valence-electron chi connectivity index (χ1n) is 12.1. The van der Waals surface area contributed by atoms with Crippen LogP contribution in [-0.4, -0.2) is 77.9 Å². The second-order valence-corrected chi connectivity index (χ2v) is 11.7. The molecule has 1 aromatic heterocycles. The number of fused-ring (bicyclic) bond motifs is 1. The van der Waals surface area contributed by atoms with Crippen molar-refractivity contribution in [2.45, 2.75) is 50.9 Å². The Balaban J connectivity index is 1.61. The number of nitrogens with zero attached hydrogens (tertiary/aromatic N) is 1. The molecule has 1 atom stereocenters. The van der Waals surface area contributed by atoms with Gasteiger partial charge in [-0.05, 0) is 55.3 Å². The fraction of sp³-hybridized carbons (Fsp3) is 0.462. The summed E-state index contributed by atoms with van der Waals surface area (Å²) in [5.74, 6) is -2.21. The van der Waals surface area contributed by atoms with Crippen LogP contribution in [0.5, 0.6) is 0 Å². The molecule has 9 nitrogen and oxygen atoms in total. The van der Waals surface area contributed by atoms with Crippen molar-refractivity contribution in [1.82, 2.24) is 10.2 Å². The van der Waals surface area contributed by atoms with E-state index >= 15 is 4.39 Å². The molecule has 1 fully saturated rings. The van der Waals surface area contributed by atoms with E-state index in [1.807, 2.05) is 17.5 Å². The van der Waals surface area contributed by atoms with Crippen LogP contribution in [0.1, 0.15) is 39.2 Å². The molecular formula is C26H31Cl2FN3O6S+. The maximum absolute atomic E-state index is 15.6. The predicted octanol–water partition coefficient (Wildman–Crippen LogP) is 3.02. The lowest BCUT2D eigenvalue weighted by molar-refractivity contribution is -0.482. The van der Waals surface area contributed by atoms with E-state index in [-0.39, 0.29) is 38.4 Å². The van der Waals surface area contributed by atoms with Crippen LogP contribution in [0.4, 0.5) is 4.39 Å². The van der Waals surface area contributed by atoms with Crippen molar-refractivity contribution in [1.29, 1.82) is 0 Å². The molecule has 0 aliphatic carbocycles. The molecule has 2 heterocycles. The van der Waals surface area contributed by atoms with Gasteiger partial charge in [-0.3, -0.25) is 9.59 Å². The lowest BCUT2D eigenvalue weighted by Crippen LogP contribution is -2.79. The molecule has 39 heavy (non-hydrogen) atoms. The first kappa shape index (κ1) is 30.6. The summed E-state index contributed by atoms with van der Waals surface area (Å²) in [4.78, 5) is 41.6. The second-order valence-electron chi connectivity index (χ2n) is 10.0. The van der Waals surface area contributed by atoms with Crippen molar-refractivity contribution in [3.8, 4) is 0 Å². The van der Waals surface area contributed by atoms with Crippen LogP contribution in [0.25, 0.3) is 16.2 Å². The first-order valence-corrected chi connectivity index (χ1v) is 13.8. The molecule has 1 saturated heterocycles. The molecule has 1 aliphatic heterocycles. The highest BCUT2D eigenvalue weighted by atomic mass is 35.5. The van der Waals surface area contributed by atoms with E-state index in [2.05, 4.69) is 15.0 Å². The number of ether oxygens (including phenoxy) is 2. The van der Waals surface area contributed by atoms with E-state index in [4.69, 9.17) is 27.9 Å². The molecule has 0 unspecified atom stereocenters. The summed E-state index contributed by atoms with van der Waals surface area (Å²) in [5.41, 5.74) is -2.43. The van der Waals surface area contributed by atoms with E-state index in [1.165, 1.54) is 22.3 Å². The number of thiophene rings is 1. The quantitative estimate of drug-likeness (QED) is 0.194. The number of rotatable bonds is 7. The third-order valence-electron chi connectivity index (χ3n) is 5.98. The number of carbonyl (C=O) groups is 3. The molecule has 1 aliphatic rings. The van der Waals surface area contributed by atoms with Gasteiger partial charge in [0.05, 0.1) is 21.9 Å². The Bertz CT molecular complexity index is 1300. The molecule has 0 saturated carbocycles. The van der Waals surface area contributed by atoms with E-state index in [0.717, 1.165) is 17.2 Å². The summed E-state index contributed by atoms with van der Waals surface area (Å²) in [5, 5.41) is 15.8. The Morgan fingerprint density at radius 3 is 2.56 bits per heavy atom. The van der Waals surface area contributed by atoms with E-state index < -0.39 is 35.3 Å². The molecular weight excluding hydrogens is 572 g/mol. The number of aliphatic hydroxyl groups is 1. The van der Waals surface area contributed by atoms with Gasteiger partial charge < -0.3 is 24.8 Å². The van der Waals surface area contributed by atoms with Gasteiger partial charge in [0.2, 0.25) is 5.91 Å². The third-order valence-corrected chi connectivity index (χ3v) is 7.93. The van der Waals surface area contributed by atoms with Gasteiger partial charge in [-0.15, -0.1) is 11.3 Å². The summed E-state index contributed by atoms with van der Waals surface area (Å²) in [6.45, 7) is 4.80. The molecule has 2 aromatic rings. The Kier molecular flexibility index (Phi) is 9.84. The zero-order valence-corrected chi connectivity index (χ0v) is 24.3. The van der Waals surface area contributed by atoms with Crippen LogP contribution in [-0.2, 0) is 23.9 Å². The topological polar surface area (TPSA) is 119 Å². The molecule has 0 bridgehead atoms. The van der Waals surface area contributed by atoms with Crippen LogP contribution in [0.15, 0.2) is 23.6 Å². The number of nitrogens with one attached hydrogen (secondary N) is 2. The van der Waals surface area contributed by atoms with Crippen molar-refractivity contribution in [2.24, 2.45) is 0 Å². The van der Waals surface area contributed by atoms with Crippen LogP contribution < -0.4 is 10.3 Å². The number of carbonyl (C=O) groups excluding carboxylic acids is 3. The number of aliphatic hydroxyl groups excluding tert-OH is 1. The highest BCUT2D eigenvalue weighted by Crippen LogP contribution is 2.37. The van der Waals surface area contributed by atoms with Gasteiger partial charge in [-0.1, -0.05) is 23.2 Å². The van der Waals surface area contributed by atoms with Crippen LogP contribution in [0.3, 0.4) is 0 Å². The molecule has 0 radical (unpaired) electrons. The lowest BCUT2D eigenvalue weighted by Gasteiger charge is -2.35. The number of piperidine rings is 1. The molecule has 1 aromatic carbocycles. The Hall–Kier alpha value is -2.89. The molecule has 3 rings (SSSR count). The standard InChI is InChI=1S/C26H30Cl2FN3O6S/c1-25(2,3)38-24(36)30-14-17(22(34)37-4)31-23(35)26(29)8-10-32(11-9-26)18(33)6-5-15-13-16-7-12-39-21(16)20(28)19(15)27/h5-7,12-13,17H,8-11,14H2,1-4H3,(H,30,36)(H,31,35)/p+1/b6-5+/t17-/m0/s1. The minimum absolute atomic E-state index is 0.0136. The van der Waals surface area contributed by atoms with Crippen molar-refractivity contribution >= 4 is 74.6 Å². The zero-order chi connectivity index (χ0) is 29.0. The third kappa shape index (κ3) is 7.83. The minimum Gasteiger partial charge on any atom is -0.467 e. The van der Waals surface area contributed by atoms with Crippen molar-refractivity contribution in [3.05, 3.63) is 39.2 Å². The molecule has 2 amide bonds.